The minimum atomic E-state index is -0.0588. The van der Waals surface area contributed by atoms with Gasteiger partial charge in [-0.25, -0.2) is 0 Å². The summed E-state index contributed by atoms with van der Waals surface area (Å²) in [5.74, 6) is 0. The van der Waals surface area contributed by atoms with Crippen molar-refractivity contribution in [2.24, 2.45) is 0 Å². The summed E-state index contributed by atoms with van der Waals surface area (Å²) in [6.45, 7) is 4.74. The molecule has 0 aliphatic heterocycles. The zero-order valence-corrected chi connectivity index (χ0v) is 24.4. The van der Waals surface area contributed by atoms with Crippen molar-refractivity contribution in [2.75, 3.05) is 0 Å². The van der Waals surface area contributed by atoms with E-state index in [4.69, 9.17) is 0 Å². The molecule has 0 nitrogen and oxygen atoms in total. The third-order valence-corrected chi connectivity index (χ3v) is 9.84. The molecule has 1 aliphatic carbocycles. The van der Waals surface area contributed by atoms with Crippen molar-refractivity contribution in [1.29, 1.82) is 0 Å². The van der Waals surface area contributed by atoms with Gasteiger partial charge in [0.15, 0.2) is 0 Å². The molecule has 0 fully saturated rings. The smallest absolute Gasteiger partial charge is 0.0159 e. The van der Waals surface area contributed by atoms with Crippen LogP contribution < -0.4 is 0 Å². The van der Waals surface area contributed by atoms with Crippen molar-refractivity contribution in [2.45, 2.75) is 19.3 Å². The largest absolute Gasteiger partial charge is 0.0616 e. The van der Waals surface area contributed by atoms with Gasteiger partial charge in [0.2, 0.25) is 0 Å². The number of hydrogen-bond donors (Lipinski definition) is 0. The Kier molecular flexibility index (Phi) is 5.05. The first kappa shape index (κ1) is 24.4. The Labute approximate surface area is 251 Å². The van der Waals surface area contributed by atoms with E-state index in [1.807, 2.05) is 0 Å². The first-order chi connectivity index (χ1) is 21.0. The van der Waals surface area contributed by atoms with Gasteiger partial charge in [-0.3, -0.25) is 0 Å². The zero-order valence-electron chi connectivity index (χ0n) is 24.4. The second-order valence-electron chi connectivity index (χ2n) is 12.6. The van der Waals surface area contributed by atoms with Crippen LogP contribution in [0, 0.1) is 0 Å². The molecule has 0 N–H and O–H groups in total. The maximum atomic E-state index is 2.42. The first-order valence-corrected chi connectivity index (χ1v) is 15.2. The lowest BCUT2D eigenvalue weighted by Crippen LogP contribution is -2.15. The summed E-state index contributed by atoms with van der Waals surface area (Å²) >= 11 is 0. The van der Waals surface area contributed by atoms with E-state index in [9.17, 15) is 0 Å². The standard InChI is InChI=1S/C43H30/c1-43(2)41-22-18-33(32-14-12-29-16-19-36-35-10-6-5-8-28(35)15-20-37(36)39(29)24-32)25-40(41)38-21-17-34(26-42(38)43)31-13-11-27-7-3-4-9-30(27)23-31/h3-26H,1-2H3. The van der Waals surface area contributed by atoms with Gasteiger partial charge in [0, 0.05) is 5.41 Å². The Morgan fingerprint density at radius 1 is 0.326 bits per heavy atom. The summed E-state index contributed by atoms with van der Waals surface area (Å²) < 4.78 is 0. The predicted octanol–water partition coefficient (Wildman–Crippen LogP) is 11.9. The maximum Gasteiger partial charge on any atom is 0.0159 e. The SMILES string of the molecule is CC1(C)c2ccc(-c3ccc4ccc5c6ccccc6ccc5c4c3)cc2-c2ccc(-c3ccc4ccccc4c3)cc21. The second-order valence-corrected chi connectivity index (χ2v) is 12.6. The summed E-state index contributed by atoms with van der Waals surface area (Å²) in [5, 5.41) is 10.4. The van der Waals surface area contributed by atoms with E-state index in [1.54, 1.807) is 0 Å². The Hall–Kier alpha value is -5.20. The molecule has 43 heavy (non-hydrogen) atoms. The fourth-order valence-electron chi connectivity index (χ4n) is 7.48. The van der Waals surface area contributed by atoms with Crippen LogP contribution in [0.1, 0.15) is 25.0 Å². The molecule has 8 aromatic carbocycles. The third-order valence-electron chi connectivity index (χ3n) is 9.84. The lowest BCUT2D eigenvalue weighted by Gasteiger charge is -2.22. The molecule has 0 heteroatoms. The van der Waals surface area contributed by atoms with Gasteiger partial charge < -0.3 is 0 Å². The van der Waals surface area contributed by atoms with Gasteiger partial charge in [-0.1, -0.05) is 135 Å². The van der Waals surface area contributed by atoms with Crippen molar-refractivity contribution in [1.82, 2.24) is 0 Å². The Morgan fingerprint density at radius 2 is 0.884 bits per heavy atom. The Balaban J connectivity index is 1.17. The minimum absolute atomic E-state index is 0.0588. The minimum Gasteiger partial charge on any atom is -0.0616 e. The van der Waals surface area contributed by atoms with Crippen LogP contribution >= 0.6 is 0 Å². The van der Waals surface area contributed by atoms with E-state index in [1.165, 1.54) is 87.6 Å². The van der Waals surface area contributed by atoms with Gasteiger partial charge in [0.25, 0.3) is 0 Å². The van der Waals surface area contributed by atoms with Crippen LogP contribution in [0.4, 0.5) is 0 Å². The molecule has 0 saturated carbocycles. The molecule has 0 aromatic heterocycles. The van der Waals surface area contributed by atoms with E-state index < -0.39 is 0 Å². The molecule has 8 aromatic rings. The molecule has 0 heterocycles. The van der Waals surface area contributed by atoms with Gasteiger partial charge in [-0.15, -0.1) is 0 Å². The fraction of sp³-hybridized carbons (Fsp3) is 0.0698. The quantitative estimate of drug-likeness (QED) is 0.189. The predicted molar refractivity (Wildman–Crippen MR) is 185 cm³/mol. The molecule has 0 unspecified atom stereocenters. The van der Waals surface area contributed by atoms with Gasteiger partial charge >= 0.3 is 0 Å². The molecule has 0 saturated heterocycles. The number of fused-ring (bicyclic) bond motifs is 9. The van der Waals surface area contributed by atoms with Crippen molar-refractivity contribution < 1.29 is 0 Å². The highest BCUT2D eigenvalue weighted by Crippen LogP contribution is 2.51. The molecule has 1 aliphatic rings. The van der Waals surface area contributed by atoms with E-state index in [0.717, 1.165) is 0 Å². The molecule has 0 radical (unpaired) electrons. The van der Waals surface area contributed by atoms with Crippen molar-refractivity contribution in [3.8, 4) is 33.4 Å². The molecule has 202 valence electrons. The topological polar surface area (TPSA) is 0 Å². The van der Waals surface area contributed by atoms with Gasteiger partial charge in [0.1, 0.15) is 0 Å². The van der Waals surface area contributed by atoms with Gasteiger partial charge in [0.05, 0.1) is 0 Å². The van der Waals surface area contributed by atoms with Crippen molar-refractivity contribution >= 4 is 43.1 Å². The first-order valence-electron chi connectivity index (χ1n) is 15.2. The van der Waals surface area contributed by atoms with Crippen LogP contribution in [0.5, 0.6) is 0 Å². The van der Waals surface area contributed by atoms with Crippen molar-refractivity contribution in [3.63, 3.8) is 0 Å². The Bertz CT molecular complexity index is 2420. The van der Waals surface area contributed by atoms with E-state index >= 15 is 0 Å². The van der Waals surface area contributed by atoms with Gasteiger partial charge in [-0.05, 0) is 112 Å². The molecular formula is C43H30. The summed E-state index contributed by atoms with van der Waals surface area (Å²) in [6.07, 6.45) is 0. The average Bonchev–Trinajstić information content (AvgIpc) is 3.29. The van der Waals surface area contributed by atoms with Crippen LogP contribution in [0.2, 0.25) is 0 Å². The third kappa shape index (κ3) is 3.63. The summed E-state index contributed by atoms with van der Waals surface area (Å²) in [7, 11) is 0. The lowest BCUT2D eigenvalue weighted by atomic mass is 9.81. The monoisotopic (exact) mass is 546 g/mol. The highest BCUT2D eigenvalue weighted by atomic mass is 14.4. The zero-order chi connectivity index (χ0) is 28.7. The average molecular weight is 547 g/mol. The van der Waals surface area contributed by atoms with Crippen molar-refractivity contribution in [3.05, 3.63) is 157 Å². The van der Waals surface area contributed by atoms with E-state index in [-0.39, 0.29) is 5.41 Å². The van der Waals surface area contributed by atoms with Crippen LogP contribution in [-0.4, -0.2) is 0 Å². The van der Waals surface area contributed by atoms with Crippen LogP contribution in [-0.2, 0) is 5.41 Å². The van der Waals surface area contributed by atoms with Crippen LogP contribution in [0.25, 0.3) is 76.5 Å². The Morgan fingerprint density at radius 3 is 1.72 bits per heavy atom. The maximum absolute atomic E-state index is 2.42. The number of hydrogen-bond acceptors (Lipinski definition) is 0. The molecule has 9 rings (SSSR count). The van der Waals surface area contributed by atoms with E-state index in [2.05, 4.69) is 159 Å². The number of rotatable bonds is 2. The van der Waals surface area contributed by atoms with Crippen LogP contribution in [0.15, 0.2) is 146 Å². The summed E-state index contributed by atoms with van der Waals surface area (Å²) in [4.78, 5) is 0. The highest BCUT2D eigenvalue weighted by molar-refractivity contribution is 6.17. The second kappa shape index (κ2) is 8.90. The highest BCUT2D eigenvalue weighted by Gasteiger charge is 2.35. The molecule has 0 atom stereocenters. The molecule has 0 amide bonds. The summed E-state index contributed by atoms with van der Waals surface area (Å²) in [6, 6.07) is 54.3. The molecular weight excluding hydrogens is 516 g/mol. The summed E-state index contributed by atoms with van der Waals surface area (Å²) in [5.41, 5.74) is 10.5. The number of benzene rings is 8. The molecule has 0 spiro atoms. The normalized spacial score (nSPS) is 13.5. The lowest BCUT2D eigenvalue weighted by molar-refractivity contribution is 0.660. The van der Waals surface area contributed by atoms with Gasteiger partial charge in [-0.2, -0.15) is 0 Å². The van der Waals surface area contributed by atoms with E-state index in [0.29, 0.717) is 0 Å². The molecule has 0 bridgehead atoms. The van der Waals surface area contributed by atoms with Crippen LogP contribution in [0.3, 0.4) is 0 Å². The fourth-order valence-corrected chi connectivity index (χ4v) is 7.48.